The van der Waals surface area contributed by atoms with Crippen molar-refractivity contribution in [1.29, 1.82) is 0 Å². The van der Waals surface area contributed by atoms with Crippen LogP contribution in [0.4, 0.5) is 0 Å². The first-order chi connectivity index (χ1) is 13.0. The van der Waals surface area contributed by atoms with Crippen LogP contribution in [0, 0.1) is 0 Å². The second kappa shape index (κ2) is 14.6. The lowest BCUT2D eigenvalue weighted by Gasteiger charge is -2.35. The maximum atomic E-state index is 9.78. The van der Waals surface area contributed by atoms with Crippen LogP contribution in [0.3, 0.4) is 0 Å². The van der Waals surface area contributed by atoms with Gasteiger partial charge in [-0.1, -0.05) is 0 Å². The molecule has 0 bridgehead atoms. The summed E-state index contributed by atoms with van der Waals surface area (Å²) in [5.41, 5.74) is 0. The smallest absolute Gasteiger partial charge is 0.101 e. The maximum Gasteiger partial charge on any atom is 0.101 e. The Balaban J connectivity index is 2.51. The minimum Gasteiger partial charge on any atom is -0.388 e. The van der Waals surface area contributed by atoms with Gasteiger partial charge in [0.1, 0.15) is 18.3 Å². The van der Waals surface area contributed by atoms with Crippen LogP contribution in [-0.4, -0.2) is 113 Å². The zero-order chi connectivity index (χ0) is 20.1. The molecule has 0 aliphatic heterocycles. The fourth-order valence-electron chi connectivity index (χ4n) is 3.04. The maximum absolute atomic E-state index is 9.78. The summed E-state index contributed by atoms with van der Waals surface area (Å²) in [5.74, 6) is 0. The van der Waals surface area contributed by atoms with Crippen LogP contribution in [0.1, 0.15) is 19.3 Å². The first-order valence-electron chi connectivity index (χ1n) is 9.34. The third kappa shape index (κ3) is 11.3. The molecule has 1 rings (SSSR count). The number of methoxy groups -OCH3 is 3. The van der Waals surface area contributed by atoms with Gasteiger partial charge in [0, 0.05) is 21.3 Å². The molecule has 0 aromatic carbocycles. The summed E-state index contributed by atoms with van der Waals surface area (Å²) in [7, 11) is 4.57. The molecular weight excluding hydrogens is 360 g/mol. The van der Waals surface area contributed by atoms with E-state index in [0.717, 1.165) is 0 Å². The van der Waals surface area contributed by atoms with Crippen molar-refractivity contribution in [2.45, 2.75) is 55.9 Å². The third-order valence-electron chi connectivity index (χ3n) is 4.23. The lowest BCUT2D eigenvalue weighted by molar-refractivity contribution is -0.134. The highest BCUT2D eigenvalue weighted by molar-refractivity contribution is 4.82. The molecule has 0 saturated heterocycles. The van der Waals surface area contributed by atoms with E-state index in [1.165, 1.54) is 21.3 Å². The van der Waals surface area contributed by atoms with E-state index >= 15 is 0 Å². The number of hydrogen-bond acceptors (Lipinski definition) is 9. The van der Waals surface area contributed by atoms with Gasteiger partial charge in [-0.3, -0.25) is 0 Å². The molecule has 1 saturated carbocycles. The van der Waals surface area contributed by atoms with Crippen LogP contribution < -0.4 is 0 Å². The van der Waals surface area contributed by atoms with E-state index in [1.807, 2.05) is 0 Å². The highest BCUT2D eigenvalue weighted by Crippen LogP contribution is 2.27. The van der Waals surface area contributed by atoms with Crippen molar-refractivity contribution in [2.75, 3.05) is 61.0 Å². The first kappa shape index (κ1) is 24.7. The summed E-state index contributed by atoms with van der Waals surface area (Å²) < 4.78 is 32.1. The Morgan fingerprint density at radius 1 is 0.556 bits per heavy atom. The number of aliphatic hydroxyl groups excluding tert-OH is 3. The van der Waals surface area contributed by atoms with Gasteiger partial charge in [0.05, 0.1) is 58.0 Å². The second-order valence-electron chi connectivity index (χ2n) is 6.90. The molecule has 0 aromatic heterocycles. The molecule has 9 heteroatoms. The Kier molecular flexibility index (Phi) is 13.4. The van der Waals surface area contributed by atoms with Crippen molar-refractivity contribution < 1.29 is 43.7 Å². The summed E-state index contributed by atoms with van der Waals surface area (Å²) >= 11 is 0. The molecule has 0 amide bonds. The van der Waals surface area contributed by atoms with Crippen LogP contribution >= 0.6 is 0 Å². The standard InChI is InChI=1S/C18H36O9/c1-22-7-13(19)10-25-16-4-17(26-11-14(20)8-23-2)6-18(5-16)27-12-15(21)9-24-3/h13-21H,4-12H2,1-3H3. The molecule has 0 radical (unpaired) electrons. The van der Waals surface area contributed by atoms with E-state index in [1.54, 1.807) is 0 Å². The number of ether oxygens (including phenoxy) is 6. The molecule has 0 heterocycles. The van der Waals surface area contributed by atoms with Crippen molar-refractivity contribution in [1.82, 2.24) is 0 Å². The molecule has 27 heavy (non-hydrogen) atoms. The molecular formula is C18H36O9. The summed E-state index contributed by atoms with van der Waals surface area (Å²) in [4.78, 5) is 0. The minimum absolute atomic E-state index is 0.153. The Labute approximate surface area is 161 Å². The number of rotatable bonds is 15. The van der Waals surface area contributed by atoms with Gasteiger partial charge in [0.15, 0.2) is 0 Å². The van der Waals surface area contributed by atoms with Gasteiger partial charge < -0.3 is 43.7 Å². The highest BCUT2D eigenvalue weighted by Gasteiger charge is 2.32. The Bertz CT molecular complexity index is 299. The Morgan fingerprint density at radius 2 is 0.815 bits per heavy atom. The predicted molar refractivity (Wildman–Crippen MR) is 96.7 cm³/mol. The quantitative estimate of drug-likeness (QED) is 0.332. The average Bonchev–Trinajstić information content (AvgIpc) is 2.64. The summed E-state index contributed by atoms with van der Waals surface area (Å²) in [5, 5.41) is 29.3. The van der Waals surface area contributed by atoms with Gasteiger partial charge in [-0.25, -0.2) is 0 Å². The molecule has 1 aliphatic rings. The lowest BCUT2D eigenvalue weighted by Crippen LogP contribution is -2.41. The third-order valence-corrected chi connectivity index (χ3v) is 4.23. The van der Waals surface area contributed by atoms with Crippen molar-refractivity contribution >= 4 is 0 Å². The molecule has 3 atom stereocenters. The topological polar surface area (TPSA) is 116 Å². The fraction of sp³-hybridized carbons (Fsp3) is 1.00. The van der Waals surface area contributed by atoms with Gasteiger partial charge in [0.25, 0.3) is 0 Å². The van der Waals surface area contributed by atoms with Crippen LogP contribution in [0.2, 0.25) is 0 Å². The lowest BCUT2D eigenvalue weighted by atomic mass is 9.92. The highest BCUT2D eigenvalue weighted by atomic mass is 16.5. The van der Waals surface area contributed by atoms with E-state index in [9.17, 15) is 15.3 Å². The largest absolute Gasteiger partial charge is 0.388 e. The molecule has 3 N–H and O–H groups in total. The molecule has 162 valence electrons. The van der Waals surface area contributed by atoms with E-state index < -0.39 is 18.3 Å². The molecule has 3 unspecified atom stereocenters. The SMILES string of the molecule is COCC(O)COC1CC(OCC(O)COC)CC(OCC(O)COC)C1. The average molecular weight is 396 g/mol. The van der Waals surface area contributed by atoms with Crippen LogP contribution in [0.15, 0.2) is 0 Å². The zero-order valence-electron chi connectivity index (χ0n) is 16.6. The fourth-order valence-corrected chi connectivity index (χ4v) is 3.04. The monoisotopic (exact) mass is 396 g/mol. The van der Waals surface area contributed by atoms with Gasteiger partial charge in [-0.05, 0) is 19.3 Å². The van der Waals surface area contributed by atoms with Gasteiger partial charge >= 0.3 is 0 Å². The van der Waals surface area contributed by atoms with Crippen molar-refractivity contribution in [3.8, 4) is 0 Å². The van der Waals surface area contributed by atoms with E-state index in [4.69, 9.17) is 28.4 Å². The van der Waals surface area contributed by atoms with Gasteiger partial charge in [0.2, 0.25) is 0 Å². The Morgan fingerprint density at radius 3 is 1.04 bits per heavy atom. The van der Waals surface area contributed by atoms with E-state index in [2.05, 4.69) is 0 Å². The van der Waals surface area contributed by atoms with Crippen molar-refractivity contribution in [3.05, 3.63) is 0 Å². The molecule has 1 fully saturated rings. The molecule has 0 spiro atoms. The van der Waals surface area contributed by atoms with Crippen LogP contribution in [0.5, 0.6) is 0 Å². The first-order valence-corrected chi connectivity index (χ1v) is 9.34. The number of aliphatic hydroxyl groups is 3. The normalized spacial score (nSPS) is 26.7. The minimum atomic E-state index is -0.692. The van der Waals surface area contributed by atoms with E-state index in [0.29, 0.717) is 19.3 Å². The van der Waals surface area contributed by atoms with Gasteiger partial charge in [-0.15, -0.1) is 0 Å². The molecule has 9 nitrogen and oxygen atoms in total. The van der Waals surface area contributed by atoms with Crippen molar-refractivity contribution in [3.63, 3.8) is 0 Å². The van der Waals surface area contributed by atoms with E-state index in [-0.39, 0.29) is 58.0 Å². The van der Waals surface area contributed by atoms with Gasteiger partial charge in [-0.2, -0.15) is 0 Å². The van der Waals surface area contributed by atoms with Crippen molar-refractivity contribution in [2.24, 2.45) is 0 Å². The summed E-state index contributed by atoms with van der Waals surface area (Å²) in [6, 6.07) is 0. The van der Waals surface area contributed by atoms with Crippen LogP contribution in [0.25, 0.3) is 0 Å². The summed E-state index contributed by atoms with van der Waals surface area (Å²) in [6.45, 7) is 1.11. The number of hydrogen-bond donors (Lipinski definition) is 3. The zero-order valence-corrected chi connectivity index (χ0v) is 16.6. The second-order valence-corrected chi connectivity index (χ2v) is 6.90. The Hall–Kier alpha value is -0.360. The summed E-state index contributed by atoms with van der Waals surface area (Å²) in [6.07, 6.45) is -0.619. The van der Waals surface area contributed by atoms with Crippen LogP contribution in [-0.2, 0) is 28.4 Å². The predicted octanol–water partition coefficient (Wildman–Crippen LogP) is -0.652. The molecule has 0 aromatic rings. The molecule has 1 aliphatic carbocycles.